The predicted octanol–water partition coefficient (Wildman–Crippen LogP) is 4.69. The first kappa shape index (κ1) is 20.6. The third-order valence-electron chi connectivity index (χ3n) is 4.80. The Hall–Kier alpha value is -3.12. The van der Waals surface area contributed by atoms with Gasteiger partial charge in [-0.3, -0.25) is 9.10 Å². The Morgan fingerprint density at radius 2 is 1.41 bits per heavy atom. The molecule has 0 aliphatic carbocycles. The Morgan fingerprint density at radius 3 is 2.00 bits per heavy atom. The highest BCUT2D eigenvalue weighted by atomic mass is 32.2. The van der Waals surface area contributed by atoms with E-state index in [1.165, 1.54) is 11.4 Å². The molecule has 0 radical (unpaired) electrons. The van der Waals surface area contributed by atoms with Crippen LogP contribution < -0.4 is 9.62 Å². The van der Waals surface area contributed by atoms with Crippen LogP contribution in [0.3, 0.4) is 0 Å². The summed E-state index contributed by atoms with van der Waals surface area (Å²) in [5.41, 5.74) is 4.79. The van der Waals surface area contributed by atoms with Crippen molar-refractivity contribution in [2.45, 2.75) is 25.7 Å². The minimum Gasteiger partial charge on any atom is -0.322 e. The number of benzene rings is 3. The molecule has 0 saturated carbocycles. The van der Waals surface area contributed by atoms with E-state index in [1.807, 2.05) is 39.0 Å². The molecule has 0 spiro atoms. The van der Waals surface area contributed by atoms with Crippen molar-refractivity contribution in [3.63, 3.8) is 0 Å². The lowest BCUT2D eigenvalue weighted by molar-refractivity contribution is 0.102. The molecule has 29 heavy (non-hydrogen) atoms. The standard InChI is InChI=1S/C23H24N2O3S/c1-16-5-12-21(13-6-16)29(27,28)25(4)20-10-8-19(9-11-20)23(26)24-22-14-7-17(2)15-18(22)3/h5-15H,1-4H3,(H,24,26). The number of nitrogens with one attached hydrogen (secondary N) is 1. The molecule has 3 rings (SSSR count). The van der Waals surface area contributed by atoms with Crippen LogP contribution in [0.2, 0.25) is 0 Å². The summed E-state index contributed by atoms with van der Waals surface area (Å²) in [6, 6.07) is 19.0. The van der Waals surface area contributed by atoms with Gasteiger partial charge in [0, 0.05) is 18.3 Å². The second kappa shape index (κ2) is 8.09. The highest BCUT2D eigenvalue weighted by molar-refractivity contribution is 7.92. The Balaban J connectivity index is 1.78. The van der Waals surface area contributed by atoms with Crippen molar-refractivity contribution in [2.24, 2.45) is 0 Å². The molecule has 0 aliphatic heterocycles. The minimum absolute atomic E-state index is 0.224. The van der Waals surface area contributed by atoms with Crippen molar-refractivity contribution in [3.05, 3.63) is 89.0 Å². The topological polar surface area (TPSA) is 66.5 Å². The maximum Gasteiger partial charge on any atom is 0.264 e. The van der Waals surface area contributed by atoms with Crippen molar-refractivity contribution >= 4 is 27.3 Å². The number of sulfonamides is 1. The van der Waals surface area contributed by atoms with Gasteiger partial charge >= 0.3 is 0 Å². The zero-order chi connectivity index (χ0) is 21.2. The molecule has 0 aliphatic rings. The number of hydrogen-bond acceptors (Lipinski definition) is 3. The van der Waals surface area contributed by atoms with Crippen LogP contribution in [0.4, 0.5) is 11.4 Å². The largest absolute Gasteiger partial charge is 0.322 e. The van der Waals surface area contributed by atoms with Gasteiger partial charge in [-0.25, -0.2) is 8.42 Å². The predicted molar refractivity (Wildman–Crippen MR) is 117 cm³/mol. The first-order valence-electron chi connectivity index (χ1n) is 9.23. The van der Waals surface area contributed by atoms with Crippen molar-refractivity contribution < 1.29 is 13.2 Å². The van der Waals surface area contributed by atoms with Crippen LogP contribution >= 0.6 is 0 Å². The zero-order valence-electron chi connectivity index (χ0n) is 16.9. The Kier molecular flexibility index (Phi) is 5.75. The molecule has 0 fully saturated rings. The van der Waals surface area contributed by atoms with Gasteiger partial charge in [-0.05, 0) is 68.8 Å². The molecule has 0 unspecified atom stereocenters. The number of aryl methyl sites for hydroxylation is 3. The fraction of sp³-hybridized carbons (Fsp3) is 0.174. The summed E-state index contributed by atoms with van der Waals surface area (Å²) in [7, 11) is -2.17. The van der Waals surface area contributed by atoms with Gasteiger partial charge in [-0.2, -0.15) is 0 Å². The van der Waals surface area contributed by atoms with Gasteiger partial charge in [-0.15, -0.1) is 0 Å². The summed E-state index contributed by atoms with van der Waals surface area (Å²) in [6.07, 6.45) is 0. The van der Waals surface area contributed by atoms with Crippen LogP contribution in [-0.2, 0) is 10.0 Å². The Morgan fingerprint density at radius 1 is 0.828 bits per heavy atom. The van der Waals surface area contributed by atoms with E-state index in [0.717, 1.165) is 22.4 Å². The van der Waals surface area contributed by atoms with E-state index in [4.69, 9.17) is 0 Å². The van der Waals surface area contributed by atoms with Crippen molar-refractivity contribution in [1.82, 2.24) is 0 Å². The molecule has 0 heterocycles. The van der Waals surface area contributed by atoms with E-state index in [9.17, 15) is 13.2 Å². The number of anilines is 2. The molecule has 0 atom stereocenters. The lowest BCUT2D eigenvalue weighted by Gasteiger charge is -2.20. The van der Waals surface area contributed by atoms with E-state index in [2.05, 4.69) is 5.32 Å². The summed E-state index contributed by atoms with van der Waals surface area (Å²) in [4.78, 5) is 12.8. The third-order valence-corrected chi connectivity index (χ3v) is 6.60. The molecular formula is C23H24N2O3S. The zero-order valence-corrected chi connectivity index (χ0v) is 17.7. The number of carbonyl (C=O) groups is 1. The Bertz CT molecular complexity index is 1140. The summed E-state index contributed by atoms with van der Waals surface area (Å²) in [5, 5.41) is 2.89. The molecule has 0 aromatic heterocycles. The SMILES string of the molecule is Cc1ccc(S(=O)(=O)N(C)c2ccc(C(=O)Nc3ccc(C)cc3C)cc2)cc1. The molecular weight excluding hydrogens is 384 g/mol. The fourth-order valence-electron chi connectivity index (χ4n) is 2.98. The molecule has 1 N–H and O–H groups in total. The monoisotopic (exact) mass is 408 g/mol. The quantitative estimate of drug-likeness (QED) is 0.666. The Labute approximate surface area is 172 Å². The lowest BCUT2D eigenvalue weighted by atomic mass is 10.1. The average Bonchev–Trinajstić information content (AvgIpc) is 2.70. The van der Waals surface area contributed by atoms with Gasteiger partial charge in [0.25, 0.3) is 15.9 Å². The lowest BCUT2D eigenvalue weighted by Crippen LogP contribution is -2.26. The second-order valence-corrected chi connectivity index (χ2v) is 9.07. The molecule has 0 saturated heterocycles. The summed E-state index contributed by atoms with van der Waals surface area (Å²) in [5.74, 6) is -0.243. The molecule has 6 heteroatoms. The fourth-order valence-corrected chi connectivity index (χ4v) is 4.17. The number of amides is 1. The summed E-state index contributed by atoms with van der Waals surface area (Å²) >= 11 is 0. The van der Waals surface area contributed by atoms with Crippen LogP contribution in [0.5, 0.6) is 0 Å². The summed E-state index contributed by atoms with van der Waals surface area (Å²) < 4.78 is 26.8. The van der Waals surface area contributed by atoms with Crippen LogP contribution in [0.25, 0.3) is 0 Å². The van der Waals surface area contributed by atoms with Gasteiger partial charge in [0.05, 0.1) is 10.6 Å². The van der Waals surface area contributed by atoms with Crippen molar-refractivity contribution in [2.75, 3.05) is 16.7 Å². The van der Waals surface area contributed by atoms with E-state index in [0.29, 0.717) is 11.3 Å². The number of carbonyl (C=O) groups excluding carboxylic acids is 1. The third kappa shape index (κ3) is 4.49. The average molecular weight is 409 g/mol. The van der Waals surface area contributed by atoms with Gasteiger partial charge in [-0.1, -0.05) is 35.4 Å². The number of rotatable bonds is 5. The maximum absolute atomic E-state index is 12.8. The van der Waals surface area contributed by atoms with Crippen LogP contribution in [0.1, 0.15) is 27.0 Å². The minimum atomic E-state index is -3.67. The maximum atomic E-state index is 12.8. The van der Waals surface area contributed by atoms with Crippen molar-refractivity contribution in [3.8, 4) is 0 Å². The molecule has 5 nitrogen and oxygen atoms in total. The van der Waals surface area contributed by atoms with E-state index < -0.39 is 10.0 Å². The van der Waals surface area contributed by atoms with Crippen LogP contribution in [0, 0.1) is 20.8 Å². The number of hydrogen-bond donors (Lipinski definition) is 1. The van der Waals surface area contributed by atoms with Crippen molar-refractivity contribution in [1.29, 1.82) is 0 Å². The molecule has 1 amide bonds. The van der Waals surface area contributed by atoms with E-state index in [1.54, 1.807) is 48.5 Å². The molecule has 0 bridgehead atoms. The van der Waals surface area contributed by atoms with Crippen LogP contribution in [0.15, 0.2) is 71.6 Å². The highest BCUT2D eigenvalue weighted by Gasteiger charge is 2.21. The van der Waals surface area contributed by atoms with Gasteiger partial charge < -0.3 is 5.32 Å². The van der Waals surface area contributed by atoms with Gasteiger partial charge in [0.1, 0.15) is 0 Å². The molecule has 3 aromatic carbocycles. The number of nitrogens with zero attached hydrogens (tertiary/aromatic N) is 1. The highest BCUT2D eigenvalue weighted by Crippen LogP contribution is 2.23. The summed E-state index contributed by atoms with van der Waals surface area (Å²) in [6.45, 7) is 5.84. The molecule has 150 valence electrons. The second-order valence-electron chi connectivity index (χ2n) is 7.10. The normalized spacial score (nSPS) is 11.2. The van der Waals surface area contributed by atoms with Gasteiger partial charge in [0.2, 0.25) is 0 Å². The van der Waals surface area contributed by atoms with Crippen LogP contribution in [-0.4, -0.2) is 21.4 Å². The molecule has 3 aromatic rings. The van der Waals surface area contributed by atoms with E-state index >= 15 is 0 Å². The first-order valence-corrected chi connectivity index (χ1v) is 10.7. The van der Waals surface area contributed by atoms with Gasteiger partial charge in [0.15, 0.2) is 0 Å². The van der Waals surface area contributed by atoms with E-state index in [-0.39, 0.29) is 10.8 Å². The smallest absolute Gasteiger partial charge is 0.264 e. The first-order chi connectivity index (χ1) is 13.7.